The number of carbonyl (C=O) groups is 1. The minimum Gasteiger partial charge on any atom is -0.339 e. The van der Waals surface area contributed by atoms with Gasteiger partial charge in [-0.05, 0) is 37.0 Å². The predicted octanol–water partition coefficient (Wildman–Crippen LogP) is 3.48. The van der Waals surface area contributed by atoms with Crippen molar-refractivity contribution < 1.29 is 4.79 Å². The van der Waals surface area contributed by atoms with Crippen LogP contribution in [0.2, 0.25) is 5.02 Å². The minimum absolute atomic E-state index is 0.0148. The summed E-state index contributed by atoms with van der Waals surface area (Å²) >= 11 is 5.89. The standard InChI is InChI=1S/C16H25ClN2O/c1-11(2)9-14(10-18)16(20)19(4)12(3)13-5-7-15(17)8-6-13/h5-8,11-12,14H,9-10,18H2,1-4H3. The van der Waals surface area contributed by atoms with Crippen LogP contribution < -0.4 is 5.73 Å². The van der Waals surface area contributed by atoms with Gasteiger partial charge in [0.2, 0.25) is 5.91 Å². The van der Waals surface area contributed by atoms with Gasteiger partial charge in [-0.15, -0.1) is 0 Å². The fourth-order valence-electron chi connectivity index (χ4n) is 2.31. The van der Waals surface area contributed by atoms with Gasteiger partial charge in [-0.1, -0.05) is 37.6 Å². The third-order valence-electron chi connectivity index (χ3n) is 3.67. The lowest BCUT2D eigenvalue weighted by Gasteiger charge is -2.29. The third kappa shape index (κ3) is 4.50. The second kappa shape index (κ2) is 7.65. The summed E-state index contributed by atoms with van der Waals surface area (Å²) in [5.41, 5.74) is 6.83. The number of halogens is 1. The molecule has 0 aliphatic rings. The number of carbonyl (C=O) groups excluding carboxylic acids is 1. The highest BCUT2D eigenvalue weighted by Crippen LogP contribution is 2.23. The van der Waals surface area contributed by atoms with E-state index in [1.807, 2.05) is 38.2 Å². The zero-order valence-corrected chi connectivity index (χ0v) is 13.5. The first-order chi connectivity index (χ1) is 9.36. The van der Waals surface area contributed by atoms with Gasteiger partial charge in [-0.2, -0.15) is 0 Å². The van der Waals surface area contributed by atoms with Crippen molar-refractivity contribution in [3.8, 4) is 0 Å². The van der Waals surface area contributed by atoms with Crippen molar-refractivity contribution in [2.45, 2.75) is 33.2 Å². The molecule has 112 valence electrons. The van der Waals surface area contributed by atoms with Crippen molar-refractivity contribution in [3.05, 3.63) is 34.9 Å². The Hall–Kier alpha value is -1.06. The van der Waals surface area contributed by atoms with Crippen LogP contribution in [0.3, 0.4) is 0 Å². The average Bonchev–Trinajstić information content (AvgIpc) is 2.43. The molecule has 0 radical (unpaired) electrons. The van der Waals surface area contributed by atoms with Crippen molar-refractivity contribution >= 4 is 17.5 Å². The molecule has 2 atom stereocenters. The molecule has 0 aliphatic heterocycles. The van der Waals surface area contributed by atoms with Gasteiger partial charge in [0.05, 0.1) is 12.0 Å². The lowest BCUT2D eigenvalue weighted by atomic mass is 9.95. The van der Waals surface area contributed by atoms with E-state index in [4.69, 9.17) is 17.3 Å². The molecule has 0 fully saturated rings. The molecule has 0 bridgehead atoms. The summed E-state index contributed by atoms with van der Waals surface area (Å²) in [6.45, 7) is 6.63. The summed E-state index contributed by atoms with van der Waals surface area (Å²) in [7, 11) is 1.84. The van der Waals surface area contributed by atoms with Crippen molar-refractivity contribution in [3.63, 3.8) is 0 Å². The van der Waals surface area contributed by atoms with E-state index in [2.05, 4.69) is 13.8 Å². The highest BCUT2D eigenvalue weighted by Gasteiger charge is 2.25. The van der Waals surface area contributed by atoms with Crippen molar-refractivity contribution in [1.29, 1.82) is 0 Å². The van der Waals surface area contributed by atoms with Crippen molar-refractivity contribution in [2.75, 3.05) is 13.6 Å². The third-order valence-corrected chi connectivity index (χ3v) is 3.92. The quantitative estimate of drug-likeness (QED) is 0.873. The van der Waals surface area contributed by atoms with Gasteiger partial charge in [0.1, 0.15) is 0 Å². The Bertz CT molecular complexity index is 431. The lowest BCUT2D eigenvalue weighted by Crippen LogP contribution is -2.38. The molecule has 4 heteroatoms. The van der Waals surface area contributed by atoms with Gasteiger partial charge >= 0.3 is 0 Å². The molecule has 1 aromatic carbocycles. The largest absolute Gasteiger partial charge is 0.339 e. The zero-order chi connectivity index (χ0) is 15.3. The molecule has 0 saturated heterocycles. The van der Waals surface area contributed by atoms with E-state index < -0.39 is 0 Å². The molecule has 0 aromatic heterocycles. The summed E-state index contributed by atoms with van der Waals surface area (Å²) in [6, 6.07) is 7.62. The minimum atomic E-state index is -0.102. The van der Waals surface area contributed by atoms with Gasteiger partial charge < -0.3 is 10.6 Å². The van der Waals surface area contributed by atoms with Crippen LogP contribution in [0.1, 0.15) is 38.8 Å². The Balaban J connectivity index is 2.79. The molecule has 20 heavy (non-hydrogen) atoms. The van der Waals surface area contributed by atoms with E-state index in [0.29, 0.717) is 17.5 Å². The summed E-state index contributed by atoms with van der Waals surface area (Å²) in [6.07, 6.45) is 0.826. The van der Waals surface area contributed by atoms with E-state index in [0.717, 1.165) is 12.0 Å². The second-order valence-corrected chi connectivity index (χ2v) is 6.18. The molecular weight excluding hydrogens is 272 g/mol. The number of amides is 1. The fraction of sp³-hybridized carbons (Fsp3) is 0.562. The molecule has 3 nitrogen and oxygen atoms in total. The number of nitrogens with two attached hydrogens (primary N) is 1. The molecule has 2 N–H and O–H groups in total. The maximum atomic E-state index is 12.5. The maximum Gasteiger partial charge on any atom is 0.227 e. The number of rotatable bonds is 6. The van der Waals surface area contributed by atoms with Crippen LogP contribution in [-0.4, -0.2) is 24.4 Å². The average molecular weight is 297 g/mol. The Kier molecular flexibility index (Phi) is 6.50. The SMILES string of the molecule is CC(C)CC(CN)C(=O)N(C)C(C)c1ccc(Cl)cc1. The van der Waals surface area contributed by atoms with Crippen LogP contribution in [0.25, 0.3) is 0 Å². The van der Waals surface area contributed by atoms with Crippen molar-refractivity contribution in [1.82, 2.24) is 4.90 Å². The van der Waals surface area contributed by atoms with E-state index >= 15 is 0 Å². The Morgan fingerprint density at radius 1 is 1.25 bits per heavy atom. The fourth-order valence-corrected chi connectivity index (χ4v) is 2.44. The number of benzene rings is 1. The summed E-state index contributed by atoms with van der Waals surface area (Å²) in [5, 5.41) is 0.703. The molecule has 0 aliphatic carbocycles. The summed E-state index contributed by atoms with van der Waals surface area (Å²) < 4.78 is 0. The highest BCUT2D eigenvalue weighted by atomic mass is 35.5. The molecule has 0 saturated carbocycles. The predicted molar refractivity (Wildman–Crippen MR) is 84.6 cm³/mol. The van der Waals surface area contributed by atoms with Crippen LogP contribution in [0.4, 0.5) is 0 Å². The van der Waals surface area contributed by atoms with Gasteiger partial charge in [-0.25, -0.2) is 0 Å². The Morgan fingerprint density at radius 2 is 1.80 bits per heavy atom. The van der Waals surface area contributed by atoms with Crippen LogP contribution in [0.15, 0.2) is 24.3 Å². The van der Waals surface area contributed by atoms with Crippen LogP contribution >= 0.6 is 11.6 Å². The number of hydrogen-bond donors (Lipinski definition) is 1. The number of nitrogens with zero attached hydrogens (tertiary/aromatic N) is 1. The van der Waals surface area contributed by atoms with Crippen molar-refractivity contribution in [2.24, 2.45) is 17.6 Å². The van der Waals surface area contributed by atoms with Gasteiger partial charge in [0.15, 0.2) is 0 Å². The molecule has 1 amide bonds. The first kappa shape index (κ1) is 17.0. The smallest absolute Gasteiger partial charge is 0.227 e. The lowest BCUT2D eigenvalue weighted by molar-refractivity contribution is -0.136. The van der Waals surface area contributed by atoms with E-state index in [-0.39, 0.29) is 17.9 Å². The molecule has 0 spiro atoms. The first-order valence-corrected chi connectivity index (χ1v) is 7.46. The molecular formula is C16H25ClN2O. The van der Waals surface area contributed by atoms with Crippen LogP contribution in [-0.2, 0) is 4.79 Å². The normalized spacial score (nSPS) is 14.2. The number of hydrogen-bond acceptors (Lipinski definition) is 2. The monoisotopic (exact) mass is 296 g/mol. The van der Waals surface area contributed by atoms with E-state index in [9.17, 15) is 4.79 Å². The van der Waals surface area contributed by atoms with Crippen LogP contribution in [0.5, 0.6) is 0 Å². The second-order valence-electron chi connectivity index (χ2n) is 5.74. The van der Waals surface area contributed by atoms with E-state index in [1.165, 1.54) is 0 Å². The summed E-state index contributed by atoms with van der Waals surface area (Å²) in [4.78, 5) is 14.3. The zero-order valence-electron chi connectivity index (χ0n) is 12.8. The van der Waals surface area contributed by atoms with Gasteiger partial charge in [0, 0.05) is 18.6 Å². The van der Waals surface area contributed by atoms with Crippen LogP contribution in [0, 0.1) is 11.8 Å². The molecule has 0 heterocycles. The molecule has 1 rings (SSSR count). The molecule has 2 unspecified atom stereocenters. The Labute approximate surface area is 127 Å². The first-order valence-electron chi connectivity index (χ1n) is 7.09. The topological polar surface area (TPSA) is 46.3 Å². The maximum absolute atomic E-state index is 12.5. The summed E-state index contributed by atoms with van der Waals surface area (Å²) in [5.74, 6) is 0.477. The van der Waals surface area contributed by atoms with E-state index in [1.54, 1.807) is 4.90 Å². The Morgan fingerprint density at radius 3 is 2.25 bits per heavy atom. The highest BCUT2D eigenvalue weighted by molar-refractivity contribution is 6.30. The van der Waals surface area contributed by atoms with Gasteiger partial charge in [0.25, 0.3) is 0 Å². The molecule has 1 aromatic rings. The van der Waals surface area contributed by atoms with Gasteiger partial charge in [-0.3, -0.25) is 4.79 Å².